The highest BCUT2D eigenvalue weighted by Crippen LogP contribution is 2.11. The molecule has 1 aromatic heterocycles. The first kappa shape index (κ1) is 18.0. The molecule has 130 valence electrons. The minimum absolute atomic E-state index is 0.292. The summed E-state index contributed by atoms with van der Waals surface area (Å²) in [4.78, 5) is 12.1. The number of amides is 1. The average Bonchev–Trinajstić information content (AvgIpc) is 2.98. The van der Waals surface area contributed by atoms with Crippen LogP contribution in [0.15, 0.2) is 48.8 Å². The largest absolute Gasteiger partial charge is 0.444 e. The Morgan fingerprint density at radius 1 is 1.29 bits per heavy atom. The second-order valence-electron chi connectivity index (χ2n) is 6.74. The number of rotatable bonds is 6. The third-order valence-electron chi connectivity index (χ3n) is 3.40. The van der Waals surface area contributed by atoms with Gasteiger partial charge >= 0.3 is 6.09 Å². The fourth-order valence-corrected chi connectivity index (χ4v) is 2.34. The molecule has 0 unspecified atom stereocenters. The maximum atomic E-state index is 12.1. The molecule has 0 aliphatic heterocycles. The summed E-state index contributed by atoms with van der Waals surface area (Å²) in [7, 11) is 0. The second kappa shape index (κ2) is 7.97. The van der Waals surface area contributed by atoms with E-state index in [2.05, 4.69) is 10.4 Å². The summed E-state index contributed by atoms with van der Waals surface area (Å²) in [6, 6.07) is 11.0. The molecule has 2 atom stereocenters. The summed E-state index contributed by atoms with van der Waals surface area (Å²) in [5, 5.41) is 17.4. The van der Waals surface area contributed by atoms with Gasteiger partial charge in [0, 0.05) is 12.4 Å². The molecule has 0 bridgehead atoms. The van der Waals surface area contributed by atoms with E-state index in [0.29, 0.717) is 13.0 Å². The molecule has 2 rings (SSSR count). The number of aromatic nitrogens is 2. The van der Waals surface area contributed by atoms with E-state index in [1.54, 1.807) is 43.9 Å². The van der Waals surface area contributed by atoms with Crippen LogP contribution in [0.3, 0.4) is 0 Å². The van der Waals surface area contributed by atoms with E-state index < -0.39 is 23.8 Å². The number of aliphatic hydroxyl groups excluding tert-OH is 1. The van der Waals surface area contributed by atoms with E-state index in [0.717, 1.165) is 5.56 Å². The molecule has 0 saturated heterocycles. The molecule has 0 radical (unpaired) electrons. The topological polar surface area (TPSA) is 76.4 Å². The van der Waals surface area contributed by atoms with Crippen LogP contribution in [0.4, 0.5) is 4.79 Å². The molecule has 1 heterocycles. The van der Waals surface area contributed by atoms with Crippen molar-refractivity contribution in [3.05, 3.63) is 54.4 Å². The molecule has 6 nitrogen and oxygen atoms in total. The summed E-state index contributed by atoms with van der Waals surface area (Å²) in [6.45, 7) is 5.71. The number of ether oxygens (including phenoxy) is 1. The second-order valence-corrected chi connectivity index (χ2v) is 6.74. The zero-order chi connectivity index (χ0) is 17.6. The van der Waals surface area contributed by atoms with E-state index >= 15 is 0 Å². The van der Waals surface area contributed by atoms with E-state index in [-0.39, 0.29) is 0 Å². The third-order valence-corrected chi connectivity index (χ3v) is 3.40. The Labute approximate surface area is 142 Å². The van der Waals surface area contributed by atoms with E-state index in [9.17, 15) is 9.90 Å². The van der Waals surface area contributed by atoms with Crippen molar-refractivity contribution in [1.29, 1.82) is 0 Å². The molecule has 0 saturated carbocycles. The minimum Gasteiger partial charge on any atom is -0.444 e. The van der Waals surface area contributed by atoms with Crippen LogP contribution in [0.25, 0.3) is 0 Å². The maximum absolute atomic E-state index is 12.1. The molecule has 0 spiro atoms. The number of benzene rings is 1. The lowest BCUT2D eigenvalue weighted by molar-refractivity contribution is 0.0398. The summed E-state index contributed by atoms with van der Waals surface area (Å²) in [5.41, 5.74) is 0.437. The molecular formula is C18H25N3O3. The number of hydrogen-bond acceptors (Lipinski definition) is 4. The van der Waals surface area contributed by atoms with Crippen LogP contribution in [0.2, 0.25) is 0 Å². The monoisotopic (exact) mass is 331 g/mol. The van der Waals surface area contributed by atoms with Crippen molar-refractivity contribution in [1.82, 2.24) is 15.1 Å². The Bertz CT molecular complexity index is 621. The fraction of sp³-hybridized carbons (Fsp3) is 0.444. The molecule has 0 aliphatic rings. The predicted octanol–water partition coefficient (Wildman–Crippen LogP) is 2.38. The van der Waals surface area contributed by atoms with Crippen LogP contribution in [-0.2, 0) is 17.7 Å². The molecule has 6 heteroatoms. The number of nitrogens with one attached hydrogen (secondary N) is 1. The molecule has 0 aliphatic carbocycles. The number of aliphatic hydroxyl groups is 1. The molecule has 1 aromatic carbocycles. The summed E-state index contributed by atoms with van der Waals surface area (Å²) in [5.74, 6) is 0. The highest BCUT2D eigenvalue weighted by molar-refractivity contribution is 5.68. The Kier molecular flexibility index (Phi) is 5.98. The van der Waals surface area contributed by atoms with Crippen LogP contribution in [-0.4, -0.2) is 38.7 Å². The van der Waals surface area contributed by atoms with Crippen molar-refractivity contribution in [2.45, 2.75) is 51.5 Å². The molecule has 24 heavy (non-hydrogen) atoms. The van der Waals surface area contributed by atoms with Crippen LogP contribution < -0.4 is 5.32 Å². The summed E-state index contributed by atoms with van der Waals surface area (Å²) < 4.78 is 6.95. The highest BCUT2D eigenvalue weighted by atomic mass is 16.6. The first-order valence-corrected chi connectivity index (χ1v) is 8.02. The van der Waals surface area contributed by atoms with Gasteiger partial charge in [0.2, 0.25) is 0 Å². The van der Waals surface area contributed by atoms with Crippen LogP contribution >= 0.6 is 0 Å². The summed E-state index contributed by atoms with van der Waals surface area (Å²) in [6.07, 6.45) is 2.60. The first-order valence-electron chi connectivity index (χ1n) is 8.02. The summed E-state index contributed by atoms with van der Waals surface area (Å²) >= 11 is 0. The first-order chi connectivity index (χ1) is 11.3. The average molecular weight is 331 g/mol. The SMILES string of the molecule is CC(C)(C)OC(=O)N[C@H](Cc1ccccc1)[C@@H](O)Cn1cccn1. The maximum Gasteiger partial charge on any atom is 0.407 e. The van der Waals surface area contributed by atoms with Gasteiger partial charge in [-0.25, -0.2) is 4.79 Å². The van der Waals surface area contributed by atoms with Gasteiger partial charge in [-0.3, -0.25) is 4.68 Å². The number of nitrogens with zero attached hydrogens (tertiary/aromatic N) is 2. The lowest BCUT2D eigenvalue weighted by Crippen LogP contribution is -2.48. The van der Waals surface area contributed by atoms with Gasteiger partial charge < -0.3 is 15.2 Å². The number of hydrogen-bond donors (Lipinski definition) is 2. The van der Waals surface area contributed by atoms with Crippen molar-refractivity contribution in [2.75, 3.05) is 0 Å². The normalized spacial score (nSPS) is 14.0. The van der Waals surface area contributed by atoms with Gasteiger partial charge in [0.05, 0.1) is 18.7 Å². The van der Waals surface area contributed by atoms with Crippen molar-refractivity contribution in [3.63, 3.8) is 0 Å². The molecule has 0 fully saturated rings. The Morgan fingerprint density at radius 3 is 2.58 bits per heavy atom. The predicted molar refractivity (Wildman–Crippen MR) is 91.5 cm³/mol. The lowest BCUT2D eigenvalue weighted by Gasteiger charge is -2.27. The van der Waals surface area contributed by atoms with Crippen molar-refractivity contribution in [3.8, 4) is 0 Å². The van der Waals surface area contributed by atoms with Crippen LogP contribution in [0, 0.1) is 0 Å². The van der Waals surface area contributed by atoms with Gasteiger partial charge in [-0.15, -0.1) is 0 Å². The number of carbonyl (C=O) groups excluding carboxylic acids is 1. The van der Waals surface area contributed by atoms with E-state index in [1.807, 2.05) is 30.3 Å². The number of alkyl carbamates (subject to hydrolysis) is 1. The minimum atomic E-state index is -0.794. The molecule has 2 aromatic rings. The van der Waals surface area contributed by atoms with Crippen molar-refractivity contribution < 1.29 is 14.6 Å². The van der Waals surface area contributed by atoms with Gasteiger partial charge in [-0.2, -0.15) is 5.10 Å². The molecular weight excluding hydrogens is 306 g/mol. The van der Waals surface area contributed by atoms with Crippen LogP contribution in [0.1, 0.15) is 26.3 Å². The van der Waals surface area contributed by atoms with E-state index in [1.165, 1.54) is 0 Å². The Hall–Kier alpha value is -2.34. The zero-order valence-electron chi connectivity index (χ0n) is 14.3. The fourth-order valence-electron chi connectivity index (χ4n) is 2.34. The standard InChI is InChI=1S/C18H25N3O3/c1-18(2,3)24-17(23)20-15(12-14-8-5-4-6-9-14)16(22)13-21-11-7-10-19-21/h4-11,15-16,22H,12-13H2,1-3H3,(H,20,23)/t15-,16+/m1/s1. The van der Waals surface area contributed by atoms with Crippen LogP contribution in [0.5, 0.6) is 0 Å². The van der Waals surface area contributed by atoms with Gasteiger partial charge in [-0.1, -0.05) is 30.3 Å². The van der Waals surface area contributed by atoms with E-state index in [4.69, 9.17) is 4.74 Å². The highest BCUT2D eigenvalue weighted by Gasteiger charge is 2.25. The Morgan fingerprint density at radius 2 is 2.00 bits per heavy atom. The quantitative estimate of drug-likeness (QED) is 0.852. The van der Waals surface area contributed by atoms with Gasteiger partial charge in [-0.05, 0) is 38.8 Å². The smallest absolute Gasteiger partial charge is 0.407 e. The molecule has 2 N–H and O–H groups in total. The van der Waals surface area contributed by atoms with Gasteiger partial charge in [0.15, 0.2) is 0 Å². The van der Waals surface area contributed by atoms with Crippen molar-refractivity contribution >= 4 is 6.09 Å². The van der Waals surface area contributed by atoms with Gasteiger partial charge in [0.25, 0.3) is 0 Å². The van der Waals surface area contributed by atoms with Gasteiger partial charge in [0.1, 0.15) is 5.60 Å². The Balaban J connectivity index is 2.06. The third kappa shape index (κ3) is 6.04. The lowest BCUT2D eigenvalue weighted by atomic mass is 10.0. The number of carbonyl (C=O) groups is 1. The van der Waals surface area contributed by atoms with Crippen molar-refractivity contribution in [2.24, 2.45) is 0 Å². The zero-order valence-corrected chi connectivity index (χ0v) is 14.3. The molecule has 1 amide bonds.